The molecule has 4 rings (SSSR count). The minimum Gasteiger partial charge on any atom is -0.396 e. The maximum absolute atomic E-state index is 11.9. The lowest BCUT2D eigenvalue weighted by Gasteiger charge is -2.19. The van der Waals surface area contributed by atoms with Gasteiger partial charge in [0, 0.05) is 63.1 Å². The summed E-state index contributed by atoms with van der Waals surface area (Å²) in [7, 11) is 0. The molecule has 3 aliphatic rings. The third kappa shape index (κ3) is 4.15. The van der Waals surface area contributed by atoms with Gasteiger partial charge in [0.25, 0.3) is 0 Å². The van der Waals surface area contributed by atoms with Crippen LogP contribution in [-0.2, 0) is 11.3 Å². The lowest BCUT2D eigenvalue weighted by atomic mass is 9.98. The second kappa shape index (κ2) is 7.88. The van der Waals surface area contributed by atoms with Crippen LogP contribution in [0.15, 0.2) is 12.4 Å². The van der Waals surface area contributed by atoms with Gasteiger partial charge < -0.3 is 15.3 Å². The molecule has 1 aromatic rings. The van der Waals surface area contributed by atoms with Crippen LogP contribution < -0.4 is 10.2 Å². The van der Waals surface area contributed by atoms with Crippen molar-refractivity contribution in [3.05, 3.63) is 18.0 Å². The lowest BCUT2D eigenvalue weighted by molar-refractivity contribution is -0.122. The van der Waals surface area contributed by atoms with Crippen LogP contribution in [0.3, 0.4) is 0 Å². The van der Waals surface area contributed by atoms with Gasteiger partial charge >= 0.3 is 0 Å². The molecule has 26 heavy (non-hydrogen) atoms. The van der Waals surface area contributed by atoms with E-state index in [0.717, 1.165) is 50.2 Å². The third-order valence-electron chi connectivity index (χ3n) is 5.84. The maximum Gasteiger partial charge on any atom is 0.225 e. The first-order valence-corrected chi connectivity index (χ1v) is 9.91. The number of aliphatic hydroxyl groups is 1. The Bertz CT molecular complexity index is 613. The van der Waals surface area contributed by atoms with Crippen molar-refractivity contribution in [2.24, 2.45) is 11.8 Å². The molecule has 0 aromatic carbocycles. The van der Waals surface area contributed by atoms with Gasteiger partial charge in [0.05, 0.1) is 6.61 Å². The summed E-state index contributed by atoms with van der Waals surface area (Å²) in [6.07, 6.45) is 9.10. The van der Waals surface area contributed by atoms with Gasteiger partial charge in [0.2, 0.25) is 11.9 Å². The average Bonchev–Trinajstić information content (AvgIpc) is 3.18. The molecule has 7 nitrogen and oxygen atoms in total. The fourth-order valence-electron chi connectivity index (χ4n) is 4.35. The standard InChI is InChI=1S/C19H29N5O2/c25-8-5-18(26)22-17-13-23(12-16(17)15-3-4-15)11-14-9-20-19(21-10-14)24-6-1-2-7-24/h9-10,15-17,25H,1-8,11-13H2,(H,22,26)/t16-,17+/m1/s1. The highest BCUT2D eigenvalue weighted by Gasteiger charge is 2.42. The number of carbonyl (C=O) groups excluding carboxylic acids is 1. The van der Waals surface area contributed by atoms with Crippen molar-refractivity contribution in [1.29, 1.82) is 0 Å². The minimum absolute atomic E-state index is 0.0386. The number of likely N-dealkylation sites (tertiary alicyclic amines) is 1. The number of carbonyl (C=O) groups is 1. The number of aromatic nitrogens is 2. The quantitative estimate of drug-likeness (QED) is 0.749. The summed E-state index contributed by atoms with van der Waals surface area (Å²) in [5.41, 5.74) is 1.13. The zero-order valence-corrected chi connectivity index (χ0v) is 15.3. The normalized spacial score (nSPS) is 26.4. The molecule has 1 saturated carbocycles. The molecule has 142 valence electrons. The molecule has 1 aliphatic carbocycles. The van der Waals surface area contributed by atoms with Gasteiger partial charge in [-0.15, -0.1) is 0 Å². The largest absolute Gasteiger partial charge is 0.396 e. The zero-order chi connectivity index (χ0) is 17.9. The molecule has 1 aromatic heterocycles. The van der Waals surface area contributed by atoms with E-state index in [1.165, 1.54) is 25.7 Å². The summed E-state index contributed by atoms with van der Waals surface area (Å²) < 4.78 is 0. The van der Waals surface area contributed by atoms with Crippen molar-refractivity contribution >= 4 is 11.9 Å². The van der Waals surface area contributed by atoms with E-state index in [4.69, 9.17) is 5.11 Å². The summed E-state index contributed by atoms with van der Waals surface area (Å²) in [5.74, 6) is 2.08. The van der Waals surface area contributed by atoms with Crippen molar-refractivity contribution in [1.82, 2.24) is 20.2 Å². The molecule has 2 aliphatic heterocycles. The van der Waals surface area contributed by atoms with Gasteiger partial charge in [-0.3, -0.25) is 9.69 Å². The van der Waals surface area contributed by atoms with Crippen LogP contribution in [0.2, 0.25) is 0 Å². The van der Waals surface area contributed by atoms with Gasteiger partial charge in [0.15, 0.2) is 0 Å². The van der Waals surface area contributed by atoms with E-state index >= 15 is 0 Å². The number of aliphatic hydroxyl groups excluding tert-OH is 1. The molecular weight excluding hydrogens is 330 g/mol. The number of rotatable bonds is 7. The summed E-state index contributed by atoms with van der Waals surface area (Å²) in [4.78, 5) is 25.7. The number of amides is 1. The minimum atomic E-state index is -0.0862. The van der Waals surface area contributed by atoms with Gasteiger partial charge in [-0.2, -0.15) is 0 Å². The molecule has 1 amide bonds. The average molecular weight is 359 g/mol. The molecule has 2 saturated heterocycles. The summed E-state index contributed by atoms with van der Waals surface area (Å²) in [6, 6.07) is 0.200. The summed E-state index contributed by atoms with van der Waals surface area (Å²) in [5, 5.41) is 12.1. The highest BCUT2D eigenvalue weighted by Crippen LogP contribution is 2.41. The van der Waals surface area contributed by atoms with Crippen LogP contribution in [0.4, 0.5) is 5.95 Å². The molecule has 3 heterocycles. The van der Waals surface area contributed by atoms with Gasteiger partial charge in [-0.25, -0.2) is 9.97 Å². The molecular formula is C19H29N5O2. The Hall–Kier alpha value is -1.73. The second-order valence-electron chi connectivity index (χ2n) is 7.93. The van der Waals surface area contributed by atoms with Crippen LogP contribution in [0.25, 0.3) is 0 Å². The van der Waals surface area contributed by atoms with E-state index in [-0.39, 0.29) is 25.0 Å². The lowest BCUT2D eigenvalue weighted by Crippen LogP contribution is -2.41. The maximum atomic E-state index is 11.9. The Morgan fingerprint density at radius 2 is 1.92 bits per heavy atom. The van der Waals surface area contributed by atoms with E-state index < -0.39 is 0 Å². The van der Waals surface area contributed by atoms with Gasteiger partial charge in [-0.05, 0) is 37.5 Å². The number of hydrogen-bond donors (Lipinski definition) is 2. The molecule has 7 heteroatoms. The Morgan fingerprint density at radius 1 is 1.19 bits per heavy atom. The van der Waals surface area contributed by atoms with Crippen LogP contribution >= 0.6 is 0 Å². The van der Waals surface area contributed by atoms with Crippen LogP contribution in [0.5, 0.6) is 0 Å². The van der Waals surface area contributed by atoms with E-state index in [0.29, 0.717) is 5.92 Å². The first-order chi connectivity index (χ1) is 12.7. The topological polar surface area (TPSA) is 81.6 Å². The number of anilines is 1. The number of nitrogens with one attached hydrogen (secondary N) is 1. The van der Waals surface area contributed by atoms with Crippen LogP contribution in [-0.4, -0.2) is 64.7 Å². The van der Waals surface area contributed by atoms with E-state index in [1.54, 1.807) is 0 Å². The Balaban J connectivity index is 1.34. The summed E-state index contributed by atoms with van der Waals surface area (Å²) in [6.45, 7) is 4.75. The highest BCUT2D eigenvalue weighted by atomic mass is 16.3. The highest BCUT2D eigenvalue weighted by molar-refractivity contribution is 5.76. The third-order valence-corrected chi connectivity index (χ3v) is 5.84. The van der Waals surface area contributed by atoms with Gasteiger partial charge in [0.1, 0.15) is 0 Å². The molecule has 0 spiro atoms. The second-order valence-corrected chi connectivity index (χ2v) is 7.93. The van der Waals surface area contributed by atoms with Crippen LogP contribution in [0, 0.1) is 11.8 Å². The Labute approximate surface area is 154 Å². The molecule has 0 bridgehead atoms. The summed E-state index contributed by atoms with van der Waals surface area (Å²) >= 11 is 0. The molecule has 3 fully saturated rings. The Morgan fingerprint density at radius 3 is 2.58 bits per heavy atom. The zero-order valence-electron chi connectivity index (χ0n) is 15.3. The predicted molar refractivity (Wildman–Crippen MR) is 98.6 cm³/mol. The predicted octanol–water partition coefficient (Wildman–Crippen LogP) is 0.786. The first-order valence-electron chi connectivity index (χ1n) is 9.91. The van der Waals surface area contributed by atoms with Crippen molar-refractivity contribution < 1.29 is 9.90 Å². The monoisotopic (exact) mass is 359 g/mol. The molecule has 0 unspecified atom stereocenters. The van der Waals surface area contributed by atoms with Crippen molar-refractivity contribution in [3.63, 3.8) is 0 Å². The van der Waals surface area contributed by atoms with Crippen molar-refractivity contribution in [2.45, 2.75) is 44.7 Å². The first kappa shape index (κ1) is 17.7. The fraction of sp³-hybridized carbons (Fsp3) is 0.737. The molecule has 0 radical (unpaired) electrons. The van der Waals surface area contributed by atoms with Gasteiger partial charge in [-0.1, -0.05) is 0 Å². The number of hydrogen-bond acceptors (Lipinski definition) is 6. The van der Waals surface area contributed by atoms with E-state index in [2.05, 4.69) is 25.1 Å². The fourth-order valence-corrected chi connectivity index (χ4v) is 4.35. The Kier molecular flexibility index (Phi) is 5.36. The van der Waals surface area contributed by atoms with E-state index in [9.17, 15) is 4.79 Å². The van der Waals surface area contributed by atoms with Crippen LogP contribution in [0.1, 0.15) is 37.7 Å². The smallest absolute Gasteiger partial charge is 0.225 e. The van der Waals surface area contributed by atoms with Crippen molar-refractivity contribution in [3.8, 4) is 0 Å². The molecule has 2 N–H and O–H groups in total. The number of nitrogens with zero attached hydrogens (tertiary/aromatic N) is 4. The molecule has 2 atom stereocenters. The SMILES string of the molecule is O=C(CCO)N[C@H]1CN(Cc2cnc(N3CCCC3)nc2)C[C@@H]1C1CC1. The van der Waals surface area contributed by atoms with E-state index in [1.807, 2.05) is 12.4 Å². The van der Waals surface area contributed by atoms with Crippen molar-refractivity contribution in [2.75, 3.05) is 37.7 Å².